The summed E-state index contributed by atoms with van der Waals surface area (Å²) in [6.45, 7) is 7.07. The predicted octanol–water partition coefficient (Wildman–Crippen LogP) is 2.32. The lowest BCUT2D eigenvalue weighted by atomic mass is 10.1. The Morgan fingerprint density at radius 3 is 2.32 bits per heavy atom. The van der Waals surface area contributed by atoms with Gasteiger partial charge in [-0.2, -0.15) is 15.2 Å². The number of nitrogens with zero attached hydrogens (tertiary/aromatic N) is 6. The van der Waals surface area contributed by atoms with Crippen molar-refractivity contribution in [2.75, 3.05) is 74.5 Å². The fraction of sp³-hybridized carbons (Fsp3) is 0.520. The van der Waals surface area contributed by atoms with Gasteiger partial charge < -0.3 is 25.3 Å². The lowest BCUT2D eigenvalue weighted by molar-refractivity contribution is 0.0950. The maximum Gasteiger partial charge on any atom is 0.251 e. The zero-order valence-electron chi connectivity index (χ0n) is 20.0. The van der Waals surface area contributed by atoms with Crippen LogP contribution in [0.15, 0.2) is 30.3 Å². The number of amides is 1. The highest BCUT2D eigenvalue weighted by molar-refractivity contribution is 5.94. The first-order valence-electron chi connectivity index (χ1n) is 12.2. The number of carbonyl (C=O) groups is 1. The first kappa shape index (κ1) is 23.8. The van der Waals surface area contributed by atoms with Gasteiger partial charge in [0.1, 0.15) is 11.6 Å². The molecule has 9 nitrogen and oxygen atoms in total. The molecule has 9 heteroatoms. The molecule has 0 aliphatic carbocycles. The highest BCUT2D eigenvalue weighted by Crippen LogP contribution is 2.25. The van der Waals surface area contributed by atoms with Crippen LogP contribution in [0.3, 0.4) is 0 Å². The van der Waals surface area contributed by atoms with Gasteiger partial charge in [-0.3, -0.25) is 4.79 Å². The molecule has 0 bridgehead atoms. The van der Waals surface area contributed by atoms with Gasteiger partial charge in [0.25, 0.3) is 5.91 Å². The molecule has 0 radical (unpaired) electrons. The van der Waals surface area contributed by atoms with E-state index >= 15 is 0 Å². The molecule has 4 rings (SSSR count). The molecule has 2 fully saturated rings. The van der Waals surface area contributed by atoms with Crippen molar-refractivity contribution >= 4 is 23.5 Å². The number of aromatic nitrogens is 2. The second-order valence-corrected chi connectivity index (χ2v) is 8.97. The van der Waals surface area contributed by atoms with Crippen LogP contribution in [-0.2, 0) is 0 Å². The number of nitrogens with one attached hydrogen (secondary N) is 2. The number of nitriles is 1. The minimum atomic E-state index is -0.124. The number of anilines is 3. The first-order chi connectivity index (χ1) is 16.6. The molecule has 1 amide bonds. The molecule has 2 saturated heterocycles. The summed E-state index contributed by atoms with van der Waals surface area (Å²) in [5.74, 6) is 2.61. The van der Waals surface area contributed by atoms with Crippen molar-refractivity contribution in [1.82, 2.24) is 20.2 Å². The first-order valence-corrected chi connectivity index (χ1v) is 12.2. The summed E-state index contributed by atoms with van der Waals surface area (Å²) in [4.78, 5) is 28.7. The Balaban J connectivity index is 1.24. The number of hydrogen-bond donors (Lipinski definition) is 2. The van der Waals surface area contributed by atoms with Crippen molar-refractivity contribution in [3.05, 3.63) is 41.5 Å². The van der Waals surface area contributed by atoms with E-state index in [0.717, 1.165) is 63.4 Å². The Hall–Kier alpha value is -3.38. The highest BCUT2D eigenvalue weighted by Gasteiger charge is 2.20. The second-order valence-electron chi connectivity index (χ2n) is 8.97. The van der Waals surface area contributed by atoms with E-state index in [1.165, 1.54) is 25.7 Å². The second kappa shape index (κ2) is 11.7. The Bertz CT molecular complexity index is 957. The van der Waals surface area contributed by atoms with Gasteiger partial charge in [0.15, 0.2) is 0 Å². The Morgan fingerprint density at radius 1 is 1.00 bits per heavy atom. The molecular formula is C25H34N8O. The van der Waals surface area contributed by atoms with Gasteiger partial charge in [0.2, 0.25) is 5.95 Å². The number of carbonyl (C=O) groups excluding carboxylic acids is 1. The minimum Gasteiger partial charge on any atom is -0.369 e. The summed E-state index contributed by atoms with van der Waals surface area (Å²) >= 11 is 0. The fourth-order valence-corrected chi connectivity index (χ4v) is 4.32. The highest BCUT2D eigenvalue weighted by atomic mass is 16.1. The van der Waals surface area contributed by atoms with Crippen LogP contribution in [0.25, 0.3) is 0 Å². The van der Waals surface area contributed by atoms with Gasteiger partial charge in [0, 0.05) is 64.0 Å². The molecule has 2 aliphatic rings. The van der Waals surface area contributed by atoms with Crippen LogP contribution in [-0.4, -0.2) is 80.2 Å². The molecule has 180 valence electrons. The van der Waals surface area contributed by atoms with Gasteiger partial charge in [-0.1, -0.05) is 0 Å². The summed E-state index contributed by atoms with van der Waals surface area (Å²) in [5.41, 5.74) is 1.11. The van der Waals surface area contributed by atoms with Crippen molar-refractivity contribution in [3.63, 3.8) is 0 Å². The van der Waals surface area contributed by atoms with E-state index in [9.17, 15) is 4.79 Å². The van der Waals surface area contributed by atoms with E-state index in [2.05, 4.69) is 37.5 Å². The van der Waals surface area contributed by atoms with E-state index in [1.54, 1.807) is 24.3 Å². The summed E-state index contributed by atoms with van der Waals surface area (Å²) in [6.07, 6.45) is 4.84. The van der Waals surface area contributed by atoms with Gasteiger partial charge in [-0.15, -0.1) is 0 Å². The van der Waals surface area contributed by atoms with Gasteiger partial charge in [-0.05, 0) is 57.0 Å². The molecular weight excluding hydrogens is 428 g/mol. The lowest BCUT2D eigenvalue weighted by Crippen LogP contribution is -2.35. The molecule has 3 heterocycles. The van der Waals surface area contributed by atoms with Crippen LogP contribution >= 0.6 is 0 Å². The average molecular weight is 463 g/mol. The van der Waals surface area contributed by atoms with Crippen LogP contribution in [0.4, 0.5) is 17.6 Å². The minimum absolute atomic E-state index is 0.124. The zero-order valence-corrected chi connectivity index (χ0v) is 20.0. The van der Waals surface area contributed by atoms with Crippen molar-refractivity contribution in [1.29, 1.82) is 5.26 Å². The summed E-state index contributed by atoms with van der Waals surface area (Å²) < 4.78 is 0. The summed E-state index contributed by atoms with van der Waals surface area (Å²) in [5, 5.41) is 15.3. The zero-order chi connectivity index (χ0) is 23.8. The van der Waals surface area contributed by atoms with E-state index in [0.29, 0.717) is 17.7 Å². The quantitative estimate of drug-likeness (QED) is 0.555. The number of hydrogen-bond acceptors (Lipinski definition) is 8. The fourth-order valence-electron chi connectivity index (χ4n) is 4.32. The molecule has 0 atom stereocenters. The summed E-state index contributed by atoms with van der Waals surface area (Å²) in [6, 6.07) is 10.8. The Labute approximate surface area is 201 Å². The SMILES string of the molecule is CN(CCNC(=O)c1ccc(C#N)cc1)CCNc1cc(N2CCCC2)nc(N2CCCC2)n1. The summed E-state index contributed by atoms with van der Waals surface area (Å²) in [7, 11) is 2.04. The van der Waals surface area contributed by atoms with Crippen LogP contribution in [0.2, 0.25) is 0 Å². The van der Waals surface area contributed by atoms with E-state index in [-0.39, 0.29) is 5.91 Å². The topological polar surface area (TPSA) is 100 Å². The molecule has 0 saturated carbocycles. The van der Waals surface area contributed by atoms with E-state index in [1.807, 2.05) is 7.05 Å². The van der Waals surface area contributed by atoms with Gasteiger partial charge >= 0.3 is 0 Å². The van der Waals surface area contributed by atoms with Crippen molar-refractivity contribution in [3.8, 4) is 6.07 Å². The standard InChI is InChI=1S/C25H34N8O/c1-31(17-11-28-24(34)21-8-6-20(19-26)7-9-21)16-10-27-22-18-23(32-12-2-3-13-32)30-25(29-22)33-14-4-5-15-33/h6-9,18H,2-5,10-17H2,1H3,(H,28,34)(H,27,29,30). The molecule has 2 N–H and O–H groups in total. The smallest absolute Gasteiger partial charge is 0.251 e. The van der Waals surface area contributed by atoms with E-state index in [4.69, 9.17) is 15.2 Å². The largest absolute Gasteiger partial charge is 0.369 e. The molecule has 34 heavy (non-hydrogen) atoms. The number of rotatable bonds is 10. The molecule has 1 aromatic carbocycles. The number of benzene rings is 1. The van der Waals surface area contributed by atoms with Gasteiger partial charge in [-0.25, -0.2) is 0 Å². The molecule has 0 unspecified atom stereocenters. The molecule has 2 aliphatic heterocycles. The van der Waals surface area contributed by atoms with Crippen molar-refractivity contribution in [2.24, 2.45) is 0 Å². The third kappa shape index (κ3) is 6.35. The number of likely N-dealkylation sites (N-methyl/N-ethyl adjacent to an activating group) is 1. The van der Waals surface area contributed by atoms with E-state index < -0.39 is 0 Å². The molecule has 1 aromatic heterocycles. The van der Waals surface area contributed by atoms with Gasteiger partial charge in [0.05, 0.1) is 11.6 Å². The third-order valence-electron chi connectivity index (χ3n) is 6.37. The normalized spacial score (nSPS) is 15.6. The lowest BCUT2D eigenvalue weighted by Gasteiger charge is -2.22. The Morgan fingerprint density at radius 2 is 1.65 bits per heavy atom. The average Bonchev–Trinajstić information content (AvgIpc) is 3.59. The third-order valence-corrected chi connectivity index (χ3v) is 6.37. The maximum absolute atomic E-state index is 12.3. The predicted molar refractivity (Wildman–Crippen MR) is 134 cm³/mol. The monoisotopic (exact) mass is 462 g/mol. The Kier molecular flexibility index (Phi) is 8.15. The maximum atomic E-state index is 12.3. The van der Waals surface area contributed by atoms with Crippen LogP contribution in [0.5, 0.6) is 0 Å². The van der Waals surface area contributed by atoms with Crippen molar-refractivity contribution < 1.29 is 4.79 Å². The van der Waals surface area contributed by atoms with Crippen LogP contribution < -0.4 is 20.4 Å². The van der Waals surface area contributed by atoms with Crippen molar-refractivity contribution in [2.45, 2.75) is 25.7 Å². The molecule has 2 aromatic rings. The van der Waals surface area contributed by atoms with Crippen LogP contribution in [0.1, 0.15) is 41.6 Å². The van der Waals surface area contributed by atoms with Crippen LogP contribution in [0, 0.1) is 11.3 Å². The molecule has 0 spiro atoms.